The molecule has 3 atom stereocenters. The van der Waals surface area contributed by atoms with Gasteiger partial charge < -0.3 is 31.1 Å². The van der Waals surface area contributed by atoms with Gasteiger partial charge in [-0.05, 0) is 24.5 Å². The molecule has 6 N–H and O–H groups in total. The van der Waals surface area contributed by atoms with Gasteiger partial charge in [0.1, 0.15) is 12.1 Å². The first-order valence-electron chi connectivity index (χ1n) is 9.64. The van der Waals surface area contributed by atoms with Crippen molar-refractivity contribution in [1.82, 2.24) is 15.2 Å². The van der Waals surface area contributed by atoms with Crippen LogP contribution in [0.4, 0.5) is 0 Å². The number of amides is 2. The number of aliphatic carboxylic acids is 2. The number of likely N-dealkylation sites (tertiary alicyclic amines) is 1. The number of carboxylic acid groups (broad SMARTS) is 2. The van der Waals surface area contributed by atoms with Crippen LogP contribution in [-0.2, 0) is 25.6 Å². The minimum absolute atomic E-state index is 0.108. The van der Waals surface area contributed by atoms with Crippen LogP contribution in [0.25, 0.3) is 10.9 Å². The SMILES string of the molecule is NC(CC(=O)O)C(=O)NC(Cc1c[nH]c2ccccc12)C(=O)N1CCCC1C(=O)O. The van der Waals surface area contributed by atoms with Gasteiger partial charge in [0, 0.05) is 30.1 Å². The molecule has 1 saturated heterocycles. The fraction of sp³-hybridized carbons (Fsp3) is 0.400. The first kappa shape index (κ1) is 21.3. The van der Waals surface area contributed by atoms with Crippen molar-refractivity contribution in [3.63, 3.8) is 0 Å². The van der Waals surface area contributed by atoms with E-state index in [1.165, 1.54) is 4.90 Å². The van der Waals surface area contributed by atoms with Gasteiger partial charge in [-0.1, -0.05) is 18.2 Å². The number of para-hydroxylation sites is 1. The molecule has 1 aliphatic heterocycles. The molecule has 3 rings (SSSR count). The maximum absolute atomic E-state index is 13.2. The van der Waals surface area contributed by atoms with Crippen LogP contribution in [0.1, 0.15) is 24.8 Å². The lowest BCUT2D eigenvalue weighted by Crippen LogP contribution is -2.55. The van der Waals surface area contributed by atoms with E-state index in [0.29, 0.717) is 12.8 Å². The highest BCUT2D eigenvalue weighted by atomic mass is 16.4. The Hall–Kier alpha value is -3.40. The molecule has 1 aromatic carbocycles. The van der Waals surface area contributed by atoms with Crippen LogP contribution < -0.4 is 11.1 Å². The molecular formula is C20H24N4O6. The highest BCUT2D eigenvalue weighted by molar-refractivity contribution is 5.94. The average molecular weight is 416 g/mol. The van der Waals surface area contributed by atoms with E-state index in [1.807, 2.05) is 24.3 Å². The predicted octanol–water partition coefficient (Wildman–Crippen LogP) is 0.0728. The van der Waals surface area contributed by atoms with Crippen molar-refractivity contribution in [3.05, 3.63) is 36.0 Å². The Labute approximate surface area is 172 Å². The van der Waals surface area contributed by atoms with Crippen LogP contribution in [0.3, 0.4) is 0 Å². The minimum Gasteiger partial charge on any atom is -0.481 e. The van der Waals surface area contributed by atoms with E-state index in [4.69, 9.17) is 10.8 Å². The number of hydrogen-bond donors (Lipinski definition) is 5. The molecule has 2 heterocycles. The summed E-state index contributed by atoms with van der Waals surface area (Å²) in [6.07, 6.45) is 2.15. The quantitative estimate of drug-likeness (QED) is 0.406. The Morgan fingerprint density at radius 2 is 1.97 bits per heavy atom. The van der Waals surface area contributed by atoms with E-state index in [2.05, 4.69) is 10.3 Å². The number of nitrogens with zero attached hydrogens (tertiary/aromatic N) is 1. The number of aromatic nitrogens is 1. The molecular weight excluding hydrogens is 392 g/mol. The molecule has 2 aromatic rings. The number of carboxylic acids is 2. The fourth-order valence-corrected chi connectivity index (χ4v) is 3.77. The summed E-state index contributed by atoms with van der Waals surface area (Å²) in [5.74, 6) is -3.63. The third-order valence-corrected chi connectivity index (χ3v) is 5.27. The van der Waals surface area contributed by atoms with Gasteiger partial charge in [0.2, 0.25) is 11.8 Å². The van der Waals surface area contributed by atoms with Gasteiger partial charge in [0.05, 0.1) is 12.5 Å². The van der Waals surface area contributed by atoms with Gasteiger partial charge in [-0.15, -0.1) is 0 Å². The van der Waals surface area contributed by atoms with Crippen LogP contribution in [0.5, 0.6) is 0 Å². The number of nitrogens with two attached hydrogens (primary N) is 1. The summed E-state index contributed by atoms with van der Waals surface area (Å²) in [7, 11) is 0. The fourth-order valence-electron chi connectivity index (χ4n) is 3.77. The largest absolute Gasteiger partial charge is 0.481 e. The summed E-state index contributed by atoms with van der Waals surface area (Å²) in [5.41, 5.74) is 7.27. The first-order valence-corrected chi connectivity index (χ1v) is 9.64. The van der Waals surface area contributed by atoms with E-state index in [9.17, 15) is 24.3 Å². The van der Waals surface area contributed by atoms with Crippen molar-refractivity contribution in [2.45, 2.75) is 43.8 Å². The standard InChI is InChI=1S/C20H24N4O6/c21-13(9-17(25)26)18(27)23-15(19(28)24-7-3-6-16(24)20(29)30)8-11-10-22-14-5-2-1-4-12(11)14/h1-2,4-5,10,13,15-16,22H,3,6-9,21H2,(H,23,27)(H,25,26)(H,29,30). The summed E-state index contributed by atoms with van der Waals surface area (Å²) in [4.78, 5) is 52.3. The molecule has 0 saturated carbocycles. The summed E-state index contributed by atoms with van der Waals surface area (Å²) < 4.78 is 0. The summed E-state index contributed by atoms with van der Waals surface area (Å²) in [6, 6.07) is 4.10. The van der Waals surface area contributed by atoms with E-state index in [1.54, 1.807) is 6.20 Å². The van der Waals surface area contributed by atoms with Crippen molar-refractivity contribution in [2.75, 3.05) is 6.54 Å². The third kappa shape index (κ3) is 4.60. The molecule has 3 unspecified atom stereocenters. The molecule has 0 bridgehead atoms. The van der Waals surface area contributed by atoms with Crippen molar-refractivity contribution in [2.24, 2.45) is 5.73 Å². The lowest BCUT2D eigenvalue weighted by Gasteiger charge is -2.28. The molecule has 0 aliphatic carbocycles. The average Bonchev–Trinajstić information content (AvgIpc) is 3.34. The van der Waals surface area contributed by atoms with Crippen molar-refractivity contribution >= 4 is 34.7 Å². The monoisotopic (exact) mass is 416 g/mol. The normalized spacial score (nSPS) is 18.2. The molecule has 0 spiro atoms. The maximum atomic E-state index is 13.2. The molecule has 30 heavy (non-hydrogen) atoms. The van der Waals surface area contributed by atoms with E-state index in [-0.39, 0.29) is 13.0 Å². The van der Waals surface area contributed by atoms with Gasteiger partial charge in [0.25, 0.3) is 0 Å². The second kappa shape index (κ2) is 8.95. The van der Waals surface area contributed by atoms with Gasteiger partial charge in [-0.3, -0.25) is 14.4 Å². The number of carbonyl (C=O) groups is 4. The number of H-pyrrole nitrogens is 1. The Morgan fingerprint density at radius 1 is 1.23 bits per heavy atom. The van der Waals surface area contributed by atoms with Gasteiger partial charge in [0.15, 0.2) is 0 Å². The molecule has 0 radical (unpaired) electrons. The number of rotatable bonds is 8. The lowest BCUT2D eigenvalue weighted by molar-refractivity contribution is -0.149. The number of nitrogens with one attached hydrogen (secondary N) is 2. The minimum atomic E-state index is -1.32. The van der Waals surface area contributed by atoms with Gasteiger partial charge >= 0.3 is 11.9 Å². The highest BCUT2D eigenvalue weighted by Gasteiger charge is 2.38. The molecule has 1 aromatic heterocycles. The van der Waals surface area contributed by atoms with Gasteiger partial charge in [-0.25, -0.2) is 4.79 Å². The van der Waals surface area contributed by atoms with Crippen molar-refractivity contribution < 1.29 is 29.4 Å². The summed E-state index contributed by atoms with van der Waals surface area (Å²) >= 11 is 0. The van der Waals surface area contributed by atoms with Gasteiger partial charge in [-0.2, -0.15) is 0 Å². The molecule has 1 aliphatic rings. The van der Waals surface area contributed by atoms with Crippen molar-refractivity contribution in [3.8, 4) is 0 Å². The number of aromatic amines is 1. The van der Waals surface area contributed by atoms with Crippen LogP contribution >= 0.6 is 0 Å². The van der Waals surface area contributed by atoms with E-state index in [0.717, 1.165) is 16.5 Å². The number of fused-ring (bicyclic) bond motifs is 1. The highest BCUT2D eigenvalue weighted by Crippen LogP contribution is 2.22. The van der Waals surface area contributed by atoms with Crippen LogP contribution in [0.15, 0.2) is 30.5 Å². The molecule has 10 heteroatoms. The summed E-state index contributed by atoms with van der Waals surface area (Å²) in [5, 5.41) is 21.7. The molecule has 10 nitrogen and oxygen atoms in total. The smallest absolute Gasteiger partial charge is 0.326 e. The second-order valence-corrected chi connectivity index (χ2v) is 7.36. The number of benzene rings is 1. The third-order valence-electron chi connectivity index (χ3n) is 5.27. The van der Waals surface area contributed by atoms with E-state index >= 15 is 0 Å². The molecule has 2 amide bonds. The van der Waals surface area contributed by atoms with Crippen molar-refractivity contribution in [1.29, 1.82) is 0 Å². The van der Waals surface area contributed by atoms with E-state index < -0.39 is 48.3 Å². The first-order chi connectivity index (χ1) is 14.3. The molecule has 160 valence electrons. The molecule has 1 fully saturated rings. The summed E-state index contributed by atoms with van der Waals surface area (Å²) in [6.45, 7) is 0.275. The van der Waals surface area contributed by atoms with Crippen LogP contribution in [0, 0.1) is 0 Å². The number of hydrogen-bond acceptors (Lipinski definition) is 5. The lowest BCUT2D eigenvalue weighted by atomic mass is 10.0. The second-order valence-electron chi connectivity index (χ2n) is 7.36. The Balaban J connectivity index is 1.86. The van der Waals surface area contributed by atoms with Crippen LogP contribution in [0.2, 0.25) is 0 Å². The zero-order valence-electron chi connectivity index (χ0n) is 16.2. The Bertz CT molecular complexity index is 971. The van der Waals surface area contributed by atoms with Crippen LogP contribution in [-0.4, -0.2) is 68.5 Å². The topological polar surface area (TPSA) is 166 Å². The Kier molecular flexibility index (Phi) is 6.36. The predicted molar refractivity (Wildman–Crippen MR) is 107 cm³/mol. The zero-order valence-corrected chi connectivity index (χ0v) is 16.2. The maximum Gasteiger partial charge on any atom is 0.326 e. The zero-order chi connectivity index (χ0) is 21.8. The number of carbonyl (C=O) groups excluding carboxylic acids is 2. The Morgan fingerprint density at radius 3 is 2.67 bits per heavy atom.